The Labute approximate surface area is 165 Å². The van der Waals surface area contributed by atoms with Crippen molar-refractivity contribution in [2.45, 2.75) is 46.1 Å². The van der Waals surface area contributed by atoms with Crippen LogP contribution in [0.3, 0.4) is 0 Å². The predicted molar refractivity (Wildman–Crippen MR) is 104 cm³/mol. The highest BCUT2D eigenvalue weighted by Gasteiger charge is 2.33. The van der Waals surface area contributed by atoms with Gasteiger partial charge in [-0.3, -0.25) is 0 Å². The molecule has 0 bridgehead atoms. The van der Waals surface area contributed by atoms with Gasteiger partial charge in [-0.15, -0.1) is 0 Å². The van der Waals surface area contributed by atoms with Crippen LogP contribution in [-0.4, -0.2) is 31.4 Å². The van der Waals surface area contributed by atoms with E-state index in [0.29, 0.717) is 29.3 Å². The largest absolute Gasteiger partial charge is 0.460 e. The maximum Gasteiger partial charge on any atom is 0.344 e. The van der Waals surface area contributed by atoms with Crippen molar-refractivity contribution in [2.24, 2.45) is 17.8 Å². The molecule has 1 saturated carbocycles. The van der Waals surface area contributed by atoms with Crippen LogP contribution in [0.1, 0.15) is 45.6 Å². The van der Waals surface area contributed by atoms with Gasteiger partial charge in [0, 0.05) is 6.08 Å². The van der Waals surface area contributed by atoms with Crippen LogP contribution in [0.2, 0.25) is 0 Å². The van der Waals surface area contributed by atoms with Crippen molar-refractivity contribution < 1.29 is 28.5 Å². The topological polar surface area (TPSA) is 71.1 Å². The molecule has 1 aromatic rings. The molecule has 0 spiro atoms. The average molecular weight is 388 g/mol. The third-order valence-corrected chi connectivity index (χ3v) is 5.38. The van der Waals surface area contributed by atoms with E-state index in [4.69, 9.17) is 18.9 Å². The summed E-state index contributed by atoms with van der Waals surface area (Å²) in [6.07, 6.45) is 5.88. The zero-order valence-electron chi connectivity index (χ0n) is 16.7. The van der Waals surface area contributed by atoms with Crippen LogP contribution in [0.15, 0.2) is 24.3 Å². The molecule has 0 N–H and O–H groups in total. The number of rotatable bonds is 6. The van der Waals surface area contributed by atoms with E-state index in [0.717, 1.165) is 24.8 Å². The van der Waals surface area contributed by atoms with Gasteiger partial charge in [0.1, 0.15) is 6.10 Å². The molecule has 0 amide bonds. The second kappa shape index (κ2) is 9.13. The molecular formula is C22H28O6. The van der Waals surface area contributed by atoms with Gasteiger partial charge < -0.3 is 18.9 Å². The molecule has 1 aromatic carbocycles. The summed E-state index contributed by atoms with van der Waals surface area (Å²) in [6, 6.07) is 5.36. The second-order valence-corrected chi connectivity index (χ2v) is 7.91. The SMILES string of the molecule is CC(C)[C@@H]1CC[C@H](C)C[C@H]1OC(=O)COC(=O)/C=C/c1ccc2c(c1)OCO2. The predicted octanol–water partition coefficient (Wildman–Crippen LogP) is 3.98. The van der Waals surface area contributed by atoms with Crippen LogP contribution in [-0.2, 0) is 19.1 Å². The summed E-state index contributed by atoms with van der Waals surface area (Å²) in [4.78, 5) is 24.0. The first-order chi connectivity index (χ1) is 13.4. The van der Waals surface area contributed by atoms with Crippen LogP contribution >= 0.6 is 0 Å². The van der Waals surface area contributed by atoms with Gasteiger partial charge in [0.05, 0.1) is 0 Å². The van der Waals surface area contributed by atoms with E-state index in [1.807, 2.05) is 6.07 Å². The smallest absolute Gasteiger partial charge is 0.344 e. The molecule has 2 aliphatic rings. The fraction of sp³-hybridized carbons (Fsp3) is 0.545. The molecular weight excluding hydrogens is 360 g/mol. The fourth-order valence-corrected chi connectivity index (χ4v) is 3.81. The summed E-state index contributed by atoms with van der Waals surface area (Å²) in [5.41, 5.74) is 0.778. The van der Waals surface area contributed by atoms with E-state index >= 15 is 0 Å². The third kappa shape index (κ3) is 5.27. The van der Waals surface area contributed by atoms with Crippen molar-refractivity contribution >= 4 is 18.0 Å². The third-order valence-electron chi connectivity index (χ3n) is 5.38. The molecule has 1 heterocycles. The highest BCUT2D eigenvalue weighted by atomic mass is 16.7. The molecule has 1 fully saturated rings. The highest BCUT2D eigenvalue weighted by molar-refractivity contribution is 5.88. The lowest BCUT2D eigenvalue weighted by Gasteiger charge is -2.36. The molecule has 28 heavy (non-hydrogen) atoms. The first kappa shape index (κ1) is 20.2. The second-order valence-electron chi connectivity index (χ2n) is 7.91. The quantitative estimate of drug-likeness (QED) is 0.542. The van der Waals surface area contributed by atoms with Gasteiger partial charge in [-0.05, 0) is 54.4 Å². The number of hydrogen-bond acceptors (Lipinski definition) is 6. The summed E-state index contributed by atoms with van der Waals surface area (Å²) in [5.74, 6) is 1.60. The molecule has 3 rings (SSSR count). The number of carbonyl (C=O) groups is 2. The Morgan fingerprint density at radius 2 is 2.00 bits per heavy atom. The van der Waals surface area contributed by atoms with Crippen molar-refractivity contribution in [1.82, 2.24) is 0 Å². The highest BCUT2D eigenvalue weighted by Crippen LogP contribution is 2.35. The molecule has 0 aromatic heterocycles. The van der Waals surface area contributed by atoms with Gasteiger partial charge in [-0.25, -0.2) is 9.59 Å². The Bertz CT molecular complexity index is 739. The average Bonchev–Trinajstić information content (AvgIpc) is 3.12. The van der Waals surface area contributed by atoms with Crippen molar-refractivity contribution in [3.8, 4) is 11.5 Å². The zero-order valence-corrected chi connectivity index (χ0v) is 16.7. The lowest BCUT2D eigenvalue weighted by Crippen LogP contribution is -2.36. The minimum absolute atomic E-state index is 0.0980. The van der Waals surface area contributed by atoms with Gasteiger partial charge in [0.25, 0.3) is 0 Å². The minimum atomic E-state index is -0.591. The maximum absolute atomic E-state index is 12.1. The summed E-state index contributed by atoms with van der Waals surface area (Å²) < 4.78 is 21.2. The van der Waals surface area contributed by atoms with E-state index < -0.39 is 11.9 Å². The van der Waals surface area contributed by atoms with Crippen LogP contribution < -0.4 is 9.47 Å². The van der Waals surface area contributed by atoms with Crippen molar-refractivity contribution in [1.29, 1.82) is 0 Å². The number of hydrogen-bond donors (Lipinski definition) is 0. The number of carbonyl (C=O) groups excluding carboxylic acids is 2. The molecule has 6 heteroatoms. The van der Waals surface area contributed by atoms with Gasteiger partial charge in [0.15, 0.2) is 18.1 Å². The first-order valence-corrected chi connectivity index (χ1v) is 9.86. The van der Waals surface area contributed by atoms with Gasteiger partial charge in [-0.2, -0.15) is 0 Å². The molecule has 152 valence electrons. The molecule has 3 atom stereocenters. The van der Waals surface area contributed by atoms with Crippen LogP contribution in [0, 0.1) is 17.8 Å². The lowest BCUT2D eigenvalue weighted by molar-refractivity contribution is -0.165. The monoisotopic (exact) mass is 388 g/mol. The first-order valence-electron chi connectivity index (χ1n) is 9.86. The summed E-state index contributed by atoms with van der Waals surface area (Å²) in [5, 5.41) is 0. The van der Waals surface area contributed by atoms with E-state index in [9.17, 15) is 9.59 Å². The standard InChI is InChI=1S/C22H28O6/c1-14(2)17-7-4-15(3)10-19(17)28-22(24)12-25-21(23)9-6-16-5-8-18-20(11-16)27-13-26-18/h5-6,8-9,11,14-15,17,19H,4,7,10,12-13H2,1-3H3/b9-6+/t15-,17-,19+/m0/s1. The van der Waals surface area contributed by atoms with Gasteiger partial charge in [0.2, 0.25) is 6.79 Å². The Hall–Kier alpha value is -2.50. The number of benzene rings is 1. The Morgan fingerprint density at radius 1 is 1.21 bits per heavy atom. The van der Waals surface area contributed by atoms with Crippen LogP contribution in [0.5, 0.6) is 11.5 Å². The van der Waals surface area contributed by atoms with E-state index in [1.54, 1.807) is 18.2 Å². The summed E-state index contributed by atoms with van der Waals surface area (Å²) in [6.45, 7) is 6.31. The Balaban J connectivity index is 1.46. The molecule has 1 aliphatic heterocycles. The van der Waals surface area contributed by atoms with Crippen LogP contribution in [0.25, 0.3) is 6.08 Å². The molecule has 0 saturated heterocycles. The molecule has 6 nitrogen and oxygen atoms in total. The van der Waals surface area contributed by atoms with E-state index in [-0.39, 0.29) is 19.5 Å². The lowest BCUT2D eigenvalue weighted by atomic mass is 9.75. The number of ether oxygens (including phenoxy) is 4. The molecule has 0 unspecified atom stereocenters. The summed E-state index contributed by atoms with van der Waals surface area (Å²) >= 11 is 0. The normalized spacial score (nSPS) is 23.8. The number of fused-ring (bicyclic) bond motifs is 1. The Morgan fingerprint density at radius 3 is 2.79 bits per heavy atom. The van der Waals surface area contributed by atoms with Crippen molar-refractivity contribution in [2.75, 3.05) is 13.4 Å². The van der Waals surface area contributed by atoms with Gasteiger partial charge in [-0.1, -0.05) is 33.3 Å². The fourth-order valence-electron chi connectivity index (χ4n) is 3.81. The van der Waals surface area contributed by atoms with Crippen molar-refractivity contribution in [3.05, 3.63) is 29.8 Å². The number of esters is 2. The molecule has 1 aliphatic carbocycles. The van der Waals surface area contributed by atoms with E-state index in [1.165, 1.54) is 6.08 Å². The Kier molecular flexibility index (Phi) is 6.60. The summed E-state index contributed by atoms with van der Waals surface area (Å²) in [7, 11) is 0. The zero-order chi connectivity index (χ0) is 20.1. The van der Waals surface area contributed by atoms with Gasteiger partial charge >= 0.3 is 11.9 Å². The van der Waals surface area contributed by atoms with E-state index in [2.05, 4.69) is 20.8 Å². The minimum Gasteiger partial charge on any atom is -0.460 e. The maximum atomic E-state index is 12.1. The van der Waals surface area contributed by atoms with Crippen LogP contribution in [0.4, 0.5) is 0 Å². The van der Waals surface area contributed by atoms with Crippen molar-refractivity contribution in [3.63, 3.8) is 0 Å². The molecule has 0 radical (unpaired) electrons.